The topological polar surface area (TPSA) is 88.1 Å². The number of rotatable bonds is 7. The second kappa shape index (κ2) is 8.49. The average Bonchev–Trinajstić information content (AvgIpc) is 3.05. The van der Waals surface area contributed by atoms with Gasteiger partial charge in [0, 0.05) is 26.3 Å². The van der Waals surface area contributed by atoms with Gasteiger partial charge >= 0.3 is 12.0 Å². The normalized spacial score (nSPS) is 16.7. The molecule has 8 heteroatoms. The van der Waals surface area contributed by atoms with Gasteiger partial charge in [-0.2, -0.15) is 0 Å². The van der Waals surface area contributed by atoms with Crippen LogP contribution in [0.2, 0.25) is 0 Å². The Hall–Kier alpha value is -2.35. The standard InChI is InChI=1S/C16H21FN2O5/c1-19(7-6-15(20)21)16(22)18-13-9-11(17)4-5-14(13)24-10-12-3-2-8-23-12/h4-5,9,12H,2-3,6-8,10H2,1H3,(H,18,22)(H,20,21). The first kappa shape index (κ1) is 18.0. The Morgan fingerprint density at radius 2 is 2.29 bits per heavy atom. The van der Waals surface area contributed by atoms with Gasteiger partial charge in [0.1, 0.15) is 18.2 Å². The number of benzene rings is 1. The monoisotopic (exact) mass is 340 g/mol. The van der Waals surface area contributed by atoms with Gasteiger partial charge in [0.05, 0.1) is 18.2 Å². The first-order valence-corrected chi connectivity index (χ1v) is 7.73. The van der Waals surface area contributed by atoms with Crippen molar-refractivity contribution in [1.29, 1.82) is 0 Å². The van der Waals surface area contributed by atoms with Gasteiger partial charge in [-0.1, -0.05) is 0 Å². The Labute approximate surface area is 139 Å². The molecule has 7 nitrogen and oxygen atoms in total. The first-order valence-electron chi connectivity index (χ1n) is 7.73. The molecule has 0 radical (unpaired) electrons. The summed E-state index contributed by atoms with van der Waals surface area (Å²) in [7, 11) is 1.46. The molecule has 24 heavy (non-hydrogen) atoms. The quantitative estimate of drug-likeness (QED) is 0.795. The molecule has 1 aromatic rings. The minimum absolute atomic E-state index is 0.00292. The minimum Gasteiger partial charge on any atom is -0.489 e. The summed E-state index contributed by atoms with van der Waals surface area (Å²) in [6.45, 7) is 1.07. The number of ether oxygens (including phenoxy) is 2. The Morgan fingerprint density at radius 1 is 1.50 bits per heavy atom. The summed E-state index contributed by atoms with van der Waals surface area (Å²) >= 11 is 0. The van der Waals surface area contributed by atoms with Crippen LogP contribution in [0, 0.1) is 5.82 Å². The van der Waals surface area contributed by atoms with Crippen LogP contribution in [0.1, 0.15) is 19.3 Å². The predicted molar refractivity (Wildman–Crippen MR) is 84.8 cm³/mol. The first-order chi connectivity index (χ1) is 11.5. The van der Waals surface area contributed by atoms with Gasteiger partial charge in [-0.15, -0.1) is 0 Å². The molecule has 0 saturated carbocycles. The van der Waals surface area contributed by atoms with Crippen LogP contribution in [-0.4, -0.2) is 54.9 Å². The second-order valence-electron chi connectivity index (χ2n) is 5.58. The van der Waals surface area contributed by atoms with E-state index in [1.807, 2.05) is 0 Å². The van der Waals surface area contributed by atoms with Gasteiger partial charge in [-0.25, -0.2) is 9.18 Å². The summed E-state index contributed by atoms with van der Waals surface area (Å²) < 4.78 is 24.6. The third-order valence-electron chi connectivity index (χ3n) is 3.64. The van der Waals surface area contributed by atoms with Crippen LogP contribution in [0.5, 0.6) is 5.75 Å². The Balaban J connectivity index is 1.97. The zero-order chi connectivity index (χ0) is 17.5. The highest BCUT2D eigenvalue weighted by atomic mass is 19.1. The van der Waals surface area contributed by atoms with Crippen molar-refractivity contribution in [3.8, 4) is 5.75 Å². The van der Waals surface area contributed by atoms with Crippen molar-refractivity contribution in [2.45, 2.75) is 25.4 Å². The maximum Gasteiger partial charge on any atom is 0.321 e. The lowest BCUT2D eigenvalue weighted by molar-refractivity contribution is -0.137. The number of carbonyl (C=O) groups is 2. The van der Waals surface area contributed by atoms with Crippen LogP contribution >= 0.6 is 0 Å². The number of amides is 2. The van der Waals surface area contributed by atoms with Crippen molar-refractivity contribution >= 4 is 17.7 Å². The van der Waals surface area contributed by atoms with Crippen molar-refractivity contribution < 1.29 is 28.6 Å². The summed E-state index contributed by atoms with van der Waals surface area (Å²) in [4.78, 5) is 23.8. The van der Waals surface area contributed by atoms with Crippen molar-refractivity contribution in [3.05, 3.63) is 24.0 Å². The van der Waals surface area contributed by atoms with Gasteiger partial charge in [0.15, 0.2) is 0 Å². The van der Waals surface area contributed by atoms with E-state index in [0.29, 0.717) is 19.0 Å². The summed E-state index contributed by atoms with van der Waals surface area (Å²) in [5.41, 5.74) is 0.195. The molecule has 0 aromatic heterocycles. The van der Waals surface area contributed by atoms with Crippen LogP contribution in [0.4, 0.5) is 14.9 Å². The van der Waals surface area contributed by atoms with Crippen molar-refractivity contribution in [3.63, 3.8) is 0 Å². The van der Waals surface area contributed by atoms with E-state index < -0.39 is 17.8 Å². The highest BCUT2D eigenvalue weighted by Crippen LogP contribution is 2.26. The number of carboxylic acid groups (broad SMARTS) is 1. The third-order valence-corrected chi connectivity index (χ3v) is 3.64. The second-order valence-corrected chi connectivity index (χ2v) is 5.58. The SMILES string of the molecule is CN(CCC(=O)O)C(=O)Nc1cc(F)ccc1OCC1CCCO1. The number of nitrogens with zero attached hydrogens (tertiary/aromatic N) is 1. The van der Waals surface area contributed by atoms with Gasteiger partial charge in [0.2, 0.25) is 0 Å². The number of carbonyl (C=O) groups excluding carboxylic acids is 1. The maximum absolute atomic E-state index is 13.5. The van der Waals surface area contributed by atoms with Crippen molar-refractivity contribution in [2.24, 2.45) is 0 Å². The zero-order valence-electron chi connectivity index (χ0n) is 13.5. The number of halogens is 1. The largest absolute Gasteiger partial charge is 0.489 e. The number of anilines is 1. The lowest BCUT2D eigenvalue weighted by Gasteiger charge is -2.19. The molecule has 1 saturated heterocycles. The molecule has 2 N–H and O–H groups in total. The molecule has 132 valence electrons. The summed E-state index contributed by atoms with van der Waals surface area (Å²) in [5.74, 6) is -1.17. The highest BCUT2D eigenvalue weighted by molar-refractivity contribution is 5.91. The molecule has 2 rings (SSSR count). The van der Waals surface area contributed by atoms with E-state index in [-0.39, 0.29) is 24.8 Å². The molecular formula is C16H21FN2O5. The fourth-order valence-corrected chi connectivity index (χ4v) is 2.26. The van der Waals surface area contributed by atoms with Crippen LogP contribution < -0.4 is 10.1 Å². The molecule has 0 aliphatic carbocycles. The summed E-state index contributed by atoms with van der Waals surface area (Å²) in [6.07, 6.45) is 1.71. The van der Waals surface area contributed by atoms with Gasteiger partial charge in [0.25, 0.3) is 0 Å². The fourth-order valence-electron chi connectivity index (χ4n) is 2.26. The van der Waals surface area contributed by atoms with E-state index in [2.05, 4.69) is 5.32 Å². The van der Waals surface area contributed by atoms with Crippen molar-refractivity contribution in [1.82, 2.24) is 4.90 Å². The van der Waals surface area contributed by atoms with E-state index in [4.69, 9.17) is 14.6 Å². The zero-order valence-corrected chi connectivity index (χ0v) is 13.5. The Bertz CT molecular complexity index is 590. The number of urea groups is 1. The van der Waals surface area contributed by atoms with Crippen LogP contribution in [-0.2, 0) is 9.53 Å². The van der Waals surface area contributed by atoms with E-state index >= 15 is 0 Å². The Morgan fingerprint density at radius 3 is 2.96 bits per heavy atom. The number of carboxylic acids is 1. The van der Waals surface area contributed by atoms with Crippen LogP contribution in [0.3, 0.4) is 0 Å². The van der Waals surface area contributed by atoms with E-state index in [0.717, 1.165) is 18.9 Å². The van der Waals surface area contributed by atoms with Crippen LogP contribution in [0.25, 0.3) is 0 Å². The fraction of sp³-hybridized carbons (Fsp3) is 0.500. The molecule has 1 aliphatic rings. The lowest BCUT2D eigenvalue weighted by Crippen LogP contribution is -2.33. The highest BCUT2D eigenvalue weighted by Gasteiger charge is 2.18. The molecule has 1 fully saturated rings. The minimum atomic E-state index is -0.999. The molecule has 1 aromatic carbocycles. The van der Waals surface area contributed by atoms with Gasteiger partial charge in [-0.3, -0.25) is 4.79 Å². The molecule has 0 spiro atoms. The van der Waals surface area contributed by atoms with Crippen molar-refractivity contribution in [2.75, 3.05) is 32.1 Å². The number of hydrogen-bond acceptors (Lipinski definition) is 4. The third kappa shape index (κ3) is 5.38. The number of aliphatic carboxylic acids is 1. The molecular weight excluding hydrogens is 319 g/mol. The summed E-state index contributed by atoms with van der Waals surface area (Å²) in [5, 5.41) is 11.2. The van der Waals surface area contributed by atoms with E-state index in [1.54, 1.807) is 0 Å². The average molecular weight is 340 g/mol. The number of hydrogen-bond donors (Lipinski definition) is 2. The summed E-state index contributed by atoms with van der Waals surface area (Å²) in [6, 6.07) is 3.31. The molecule has 1 heterocycles. The van der Waals surface area contributed by atoms with E-state index in [1.165, 1.54) is 24.1 Å². The molecule has 1 unspecified atom stereocenters. The molecule has 0 bridgehead atoms. The molecule has 1 aliphatic heterocycles. The Kier molecular flexibility index (Phi) is 6.36. The lowest BCUT2D eigenvalue weighted by atomic mass is 10.2. The molecule has 2 amide bonds. The van der Waals surface area contributed by atoms with Crippen LogP contribution in [0.15, 0.2) is 18.2 Å². The van der Waals surface area contributed by atoms with Gasteiger partial charge in [-0.05, 0) is 25.0 Å². The van der Waals surface area contributed by atoms with Gasteiger partial charge < -0.3 is 24.8 Å². The molecule has 1 atom stereocenters. The maximum atomic E-state index is 13.5. The number of nitrogens with one attached hydrogen (secondary N) is 1. The predicted octanol–water partition coefficient (Wildman–Crippen LogP) is 2.32. The van der Waals surface area contributed by atoms with E-state index in [9.17, 15) is 14.0 Å². The smallest absolute Gasteiger partial charge is 0.321 e.